The van der Waals surface area contributed by atoms with Gasteiger partial charge in [0.15, 0.2) is 0 Å². The molecule has 116 valence electrons. The van der Waals surface area contributed by atoms with Gasteiger partial charge in [0.05, 0.1) is 13.2 Å². The highest BCUT2D eigenvalue weighted by atomic mass is 16.5. The Morgan fingerprint density at radius 1 is 1.40 bits per heavy atom. The molecule has 3 N–H and O–H groups in total. The van der Waals surface area contributed by atoms with Gasteiger partial charge in [0.25, 0.3) is 0 Å². The van der Waals surface area contributed by atoms with Crippen LogP contribution in [0.5, 0.6) is 0 Å². The van der Waals surface area contributed by atoms with Gasteiger partial charge in [-0.3, -0.25) is 0 Å². The molecule has 0 saturated carbocycles. The van der Waals surface area contributed by atoms with E-state index in [0.29, 0.717) is 39.0 Å². The number of hydrogen-bond acceptors (Lipinski definition) is 4. The molecule has 1 aliphatic heterocycles. The fourth-order valence-electron chi connectivity index (χ4n) is 2.25. The Kier molecular flexibility index (Phi) is 5.76. The lowest BCUT2D eigenvalue weighted by atomic mass is 9.93. The molecule has 0 aromatic rings. The van der Waals surface area contributed by atoms with Gasteiger partial charge in [-0.1, -0.05) is 13.8 Å². The van der Waals surface area contributed by atoms with Crippen molar-refractivity contribution in [1.82, 2.24) is 10.6 Å². The van der Waals surface area contributed by atoms with Crippen LogP contribution in [0.25, 0.3) is 0 Å². The first-order valence-electron chi connectivity index (χ1n) is 6.86. The van der Waals surface area contributed by atoms with Crippen LogP contribution in [0.1, 0.15) is 33.1 Å². The molecular weight excluding hydrogens is 264 g/mol. The van der Waals surface area contributed by atoms with E-state index in [1.807, 2.05) is 0 Å². The summed E-state index contributed by atoms with van der Waals surface area (Å²) >= 11 is 0. The maximum atomic E-state index is 11.9. The van der Waals surface area contributed by atoms with Gasteiger partial charge in [-0.05, 0) is 12.8 Å². The zero-order valence-electron chi connectivity index (χ0n) is 12.3. The Bertz CT molecular complexity index is 349. The molecule has 0 aromatic carbocycles. The minimum atomic E-state index is -1.23. The van der Waals surface area contributed by atoms with Crippen LogP contribution in [-0.2, 0) is 14.3 Å². The third-order valence-electron chi connectivity index (χ3n) is 4.04. The number of carboxylic acids is 1. The molecule has 7 nitrogen and oxygen atoms in total. The highest BCUT2D eigenvalue weighted by Gasteiger charge is 2.38. The summed E-state index contributed by atoms with van der Waals surface area (Å²) in [5, 5.41) is 14.5. The van der Waals surface area contributed by atoms with E-state index in [-0.39, 0.29) is 0 Å². The molecule has 1 fully saturated rings. The third-order valence-corrected chi connectivity index (χ3v) is 4.04. The third kappa shape index (κ3) is 3.61. The number of carboxylic acid groups (broad SMARTS) is 1. The van der Waals surface area contributed by atoms with Crippen LogP contribution in [0.4, 0.5) is 4.79 Å². The highest BCUT2D eigenvalue weighted by Crippen LogP contribution is 2.21. The summed E-state index contributed by atoms with van der Waals surface area (Å²) in [5.74, 6) is -1.02. The number of rotatable bonds is 7. The molecule has 0 bridgehead atoms. The number of amides is 2. The van der Waals surface area contributed by atoms with E-state index in [0.717, 1.165) is 0 Å². The summed E-state index contributed by atoms with van der Waals surface area (Å²) in [4.78, 5) is 23.2. The zero-order chi connectivity index (χ0) is 15.2. The average Bonchev–Trinajstić information content (AvgIpc) is 2.92. The smallest absolute Gasteiger partial charge is 0.329 e. The lowest BCUT2D eigenvalue weighted by Crippen LogP contribution is -2.58. The molecule has 1 atom stereocenters. The number of hydrogen-bond donors (Lipinski definition) is 3. The predicted molar refractivity (Wildman–Crippen MR) is 72.7 cm³/mol. The highest BCUT2D eigenvalue weighted by molar-refractivity contribution is 5.86. The van der Waals surface area contributed by atoms with Gasteiger partial charge in [-0.15, -0.1) is 0 Å². The SMILES string of the molecule is CCC(CC)(NC(=O)NCC1(OC)CCOC1)C(=O)O. The Morgan fingerprint density at radius 2 is 2.05 bits per heavy atom. The zero-order valence-corrected chi connectivity index (χ0v) is 12.3. The normalized spacial score (nSPS) is 22.6. The van der Waals surface area contributed by atoms with Crippen LogP contribution in [-0.4, -0.2) is 55.1 Å². The molecule has 1 saturated heterocycles. The second-order valence-corrected chi connectivity index (χ2v) is 5.09. The van der Waals surface area contributed by atoms with Crippen molar-refractivity contribution in [1.29, 1.82) is 0 Å². The molecular formula is C13H24N2O5. The number of methoxy groups -OCH3 is 1. The molecule has 1 unspecified atom stereocenters. The van der Waals surface area contributed by atoms with E-state index in [1.54, 1.807) is 21.0 Å². The first-order chi connectivity index (χ1) is 9.43. The maximum absolute atomic E-state index is 11.9. The fraction of sp³-hybridized carbons (Fsp3) is 0.846. The average molecular weight is 288 g/mol. The van der Waals surface area contributed by atoms with E-state index in [1.165, 1.54) is 0 Å². The van der Waals surface area contributed by atoms with Gasteiger partial charge >= 0.3 is 12.0 Å². The van der Waals surface area contributed by atoms with Gasteiger partial charge in [-0.2, -0.15) is 0 Å². The summed E-state index contributed by atoms with van der Waals surface area (Å²) in [5.41, 5.74) is -1.74. The van der Waals surface area contributed by atoms with Crippen molar-refractivity contribution < 1.29 is 24.2 Å². The molecule has 0 spiro atoms. The van der Waals surface area contributed by atoms with Crippen molar-refractivity contribution >= 4 is 12.0 Å². The molecule has 0 radical (unpaired) electrons. The number of carbonyl (C=O) groups is 2. The topological polar surface area (TPSA) is 96.9 Å². The number of urea groups is 1. The van der Waals surface area contributed by atoms with Gasteiger partial charge in [-0.25, -0.2) is 9.59 Å². The summed E-state index contributed by atoms with van der Waals surface area (Å²) in [6, 6.07) is -0.501. The molecule has 7 heteroatoms. The van der Waals surface area contributed by atoms with Gasteiger partial charge in [0, 0.05) is 20.1 Å². The van der Waals surface area contributed by atoms with Crippen LogP contribution in [0.15, 0.2) is 0 Å². The Balaban J connectivity index is 2.56. The first kappa shape index (κ1) is 16.7. The number of ether oxygens (including phenoxy) is 2. The summed E-state index contributed by atoms with van der Waals surface area (Å²) in [6.07, 6.45) is 1.35. The van der Waals surface area contributed by atoms with Crippen LogP contribution < -0.4 is 10.6 Å². The van der Waals surface area contributed by atoms with Crippen LogP contribution >= 0.6 is 0 Å². The number of nitrogens with one attached hydrogen (secondary N) is 2. The van der Waals surface area contributed by atoms with Crippen molar-refractivity contribution in [2.75, 3.05) is 26.9 Å². The molecule has 0 aromatic heterocycles. The minimum Gasteiger partial charge on any atom is -0.480 e. The second kappa shape index (κ2) is 6.90. The van der Waals surface area contributed by atoms with Gasteiger partial charge in [0.2, 0.25) is 0 Å². The Hall–Kier alpha value is -1.34. The monoisotopic (exact) mass is 288 g/mol. The summed E-state index contributed by atoms with van der Waals surface area (Å²) < 4.78 is 10.7. The van der Waals surface area contributed by atoms with Crippen LogP contribution in [0.3, 0.4) is 0 Å². The van der Waals surface area contributed by atoms with Gasteiger partial charge < -0.3 is 25.2 Å². The van der Waals surface area contributed by atoms with Crippen molar-refractivity contribution in [3.05, 3.63) is 0 Å². The van der Waals surface area contributed by atoms with Crippen LogP contribution in [0, 0.1) is 0 Å². The minimum absolute atomic E-state index is 0.290. The van der Waals surface area contributed by atoms with E-state index >= 15 is 0 Å². The van der Waals surface area contributed by atoms with E-state index in [9.17, 15) is 14.7 Å². The summed E-state index contributed by atoms with van der Waals surface area (Å²) in [7, 11) is 1.58. The molecule has 0 aliphatic carbocycles. The second-order valence-electron chi connectivity index (χ2n) is 5.09. The predicted octanol–water partition coefficient (Wildman–Crippen LogP) is 0.735. The lowest BCUT2D eigenvalue weighted by Gasteiger charge is -2.30. The molecule has 1 heterocycles. The van der Waals surface area contributed by atoms with E-state index in [2.05, 4.69) is 10.6 Å². The standard InChI is InChI=1S/C13H24N2O5/c1-4-13(5-2,10(16)17)15-11(18)14-8-12(19-3)6-7-20-9-12/h4-9H2,1-3H3,(H,16,17)(H2,14,15,18). The number of aliphatic carboxylic acids is 1. The van der Waals surface area contributed by atoms with E-state index in [4.69, 9.17) is 9.47 Å². The number of carbonyl (C=O) groups excluding carboxylic acids is 1. The Morgan fingerprint density at radius 3 is 2.45 bits per heavy atom. The van der Waals surface area contributed by atoms with Crippen molar-refractivity contribution in [3.8, 4) is 0 Å². The lowest BCUT2D eigenvalue weighted by molar-refractivity contribution is -0.144. The van der Waals surface area contributed by atoms with Crippen molar-refractivity contribution in [2.45, 2.75) is 44.2 Å². The van der Waals surface area contributed by atoms with E-state index < -0.39 is 23.1 Å². The quantitative estimate of drug-likeness (QED) is 0.642. The fourth-order valence-corrected chi connectivity index (χ4v) is 2.25. The Labute approximate surface area is 119 Å². The molecule has 1 rings (SSSR count). The molecule has 1 aliphatic rings. The summed E-state index contributed by atoms with van der Waals surface area (Å²) in [6.45, 7) is 4.78. The van der Waals surface area contributed by atoms with Crippen molar-refractivity contribution in [2.24, 2.45) is 0 Å². The van der Waals surface area contributed by atoms with Crippen LogP contribution in [0.2, 0.25) is 0 Å². The van der Waals surface area contributed by atoms with Gasteiger partial charge in [0.1, 0.15) is 11.1 Å². The first-order valence-corrected chi connectivity index (χ1v) is 6.86. The largest absolute Gasteiger partial charge is 0.480 e. The maximum Gasteiger partial charge on any atom is 0.329 e. The molecule has 2 amide bonds. The molecule has 20 heavy (non-hydrogen) atoms. The van der Waals surface area contributed by atoms with Crippen molar-refractivity contribution in [3.63, 3.8) is 0 Å².